The minimum Gasteiger partial charge on any atom is -0.356 e. The normalized spacial score (nSPS) is 17.5. The van der Waals surface area contributed by atoms with Crippen LogP contribution in [0.4, 0.5) is 0 Å². The highest BCUT2D eigenvalue weighted by Crippen LogP contribution is 2.09. The van der Waals surface area contributed by atoms with Gasteiger partial charge in [-0.3, -0.25) is 9.20 Å². The number of likely N-dealkylation sites (tertiary alicyclic amines) is 1. The van der Waals surface area contributed by atoms with Gasteiger partial charge in [-0.05, 0) is 44.5 Å². The molecule has 1 unspecified atom stereocenters. The lowest BCUT2D eigenvalue weighted by Gasteiger charge is -2.20. The van der Waals surface area contributed by atoms with Gasteiger partial charge in [0.25, 0.3) is 0 Å². The Morgan fingerprint density at radius 3 is 2.46 bits per heavy atom. The highest BCUT2D eigenvalue weighted by molar-refractivity contribution is 7.84. The van der Waals surface area contributed by atoms with E-state index in [1.807, 2.05) is 30.3 Å². The van der Waals surface area contributed by atoms with Gasteiger partial charge < -0.3 is 15.5 Å². The summed E-state index contributed by atoms with van der Waals surface area (Å²) in [4.78, 5) is 6.83. The molecular weight excluding hydrogens is 344 g/mol. The van der Waals surface area contributed by atoms with Crippen molar-refractivity contribution < 1.29 is 4.21 Å². The maximum Gasteiger partial charge on any atom is 0.191 e. The summed E-state index contributed by atoms with van der Waals surface area (Å²) >= 11 is 0. The Morgan fingerprint density at radius 2 is 1.77 bits per heavy atom. The number of nitrogens with zero attached hydrogens (tertiary/aromatic N) is 2. The molecule has 1 heterocycles. The first-order valence-corrected chi connectivity index (χ1v) is 11.3. The maximum atomic E-state index is 12.2. The summed E-state index contributed by atoms with van der Waals surface area (Å²) in [7, 11) is 0.929. The number of hydrogen-bond acceptors (Lipinski definition) is 3. The molecule has 0 amide bonds. The molecule has 6 heteroatoms. The monoisotopic (exact) mass is 378 g/mol. The van der Waals surface area contributed by atoms with Gasteiger partial charge in [0.15, 0.2) is 5.96 Å². The fraction of sp³-hybridized carbons (Fsp3) is 0.650. The molecule has 2 N–H and O–H groups in total. The summed E-state index contributed by atoms with van der Waals surface area (Å²) in [6.45, 7) is 5.25. The van der Waals surface area contributed by atoms with E-state index in [9.17, 15) is 4.21 Å². The summed E-state index contributed by atoms with van der Waals surface area (Å²) < 4.78 is 12.2. The summed E-state index contributed by atoms with van der Waals surface area (Å²) in [6.07, 6.45) is 6.59. The van der Waals surface area contributed by atoms with Gasteiger partial charge in [0, 0.05) is 42.4 Å². The second-order valence-corrected chi connectivity index (χ2v) is 8.39. The van der Waals surface area contributed by atoms with E-state index in [1.54, 1.807) is 7.05 Å². The Kier molecular flexibility index (Phi) is 10.4. The van der Waals surface area contributed by atoms with Crippen LogP contribution in [0.3, 0.4) is 0 Å². The van der Waals surface area contributed by atoms with Gasteiger partial charge in [-0.15, -0.1) is 0 Å². The van der Waals surface area contributed by atoms with E-state index < -0.39 is 10.8 Å². The van der Waals surface area contributed by atoms with Crippen molar-refractivity contribution in [2.75, 3.05) is 45.5 Å². The number of aliphatic imine (C=N–C) groups is 1. The van der Waals surface area contributed by atoms with Crippen LogP contribution in [0.15, 0.2) is 35.3 Å². The van der Waals surface area contributed by atoms with Crippen LogP contribution >= 0.6 is 0 Å². The SMILES string of the molecule is CN=C(NCCCN1CCCCCC1)NCCS(=O)Cc1ccccc1. The molecule has 0 aromatic heterocycles. The largest absolute Gasteiger partial charge is 0.356 e. The predicted molar refractivity (Wildman–Crippen MR) is 112 cm³/mol. The van der Waals surface area contributed by atoms with Gasteiger partial charge in [-0.1, -0.05) is 43.2 Å². The Labute approximate surface area is 161 Å². The first-order chi connectivity index (χ1) is 12.8. The summed E-state index contributed by atoms with van der Waals surface area (Å²) in [6, 6.07) is 10.0. The van der Waals surface area contributed by atoms with E-state index in [1.165, 1.54) is 38.8 Å². The molecule has 2 rings (SSSR count). The smallest absolute Gasteiger partial charge is 0.191 e. The van der Waals surface area contributed by atoms with Crippen molar-refractivity contribution in [2.24, 2.45) is 4.99 Å². The van der Waals surface area contributed by atoms with Gasteiger partial charge in [0.05, 0.1) is 0 Å². The molecule has 5 nitrogen and oxygen atoms in total. The first kappa shape index (κ1) is 20.9. The average molecular weight is 379 g/mol. The molecule has 146 valence electrons. The second kappa shape index (κ2) is 12.9. The first-order valence-electron chi connectivity index (χ1n) is 9.83. The van der Waals surface area contributed by atoms with E-state index in [4.69, 9.17) is 0 Å². The lowest BCUT2D eigenvalue weighted by Crippen LogP contribution is -2.40. The molecule has 0 radical (unpaired) electrons. The van der Waals surface area contributed by atoms with Crippen molar-refractivity contribution in [1.82, 2.24) is 15.5 Å². The van der Waals surface area contributed by atoms with Crippen LogP contribution in [0.25, 0.3) is 0 Å². The molecule has 1 aliphatic rings. The molecule has 26 heavy (non-hydrogen) atoms. The van der Waals surface area contributed by atoms with E-state index in [0.717, 1.165) is 31.0 Å². The molecule has 0 spiro atoms. The maximum absolute atomic E-state index is 12.2. The molecule has 1 aromatic carbocycles. The molecule has 1 saturated heterocycles. The molecule has 1 fully saturated rings. The molecule has 0 aliphatic carbocycles. The van der Waals surface area contributed by atoms with Crippen molar-refractivity contribution in [3.63, 3.8) is 0 Å². The molecule has 1 atom stereocenters. The summed E-state index contributed by atoms with van der Waals surface area (Å²) in [5.41, 5.74) is 1.13. The van der Waals surface area contributed by atoms with E-state index in [2.05, 4.69) is 20.5 Å². The Morgan fingerprint density at radius 1 is 1.08 bits per heavy atom. The van der Waals surface area contributed by atoms with Gasteiger partial charge in [0.2, 0.25) is 0 Å². The minimum absolute atomic E-state index is 0.615. The fourth-order valence-electron chi connectivity index (χ4n) is 3.21. The number of benzene rings is 1. The van der Waals surface area contributed by atoms with Crippen LogP contribution in [-0.4, -0.2) is 60.6 Å². The lowest BCUT2D eigenvalue weighted by molar-refractivity contribution is 0.282. The van der Waals surface area contributed by atoms with Crippen LogP contribution in [0.1, 0.15) is 37.7 Å². The quantitative estimate of drug-likeness (QED) is 0.393. The van der Waals surface area contributed by atoms with E-state index >= 15 is 0 Å². The summed E-state index contributed by atoms with van der Waals surface area (Å²) in [5, 5.41) is 6.63. The van der Waals surface area contributed by atoms with Crippen LogP contribution in [-0.2, 0) is 16.6 Å². The molecule has 1 aromatic rings. The van der Waals surface area contributed by atoms with E-state index in [-0.39, 0.29) is 0 Å². The molecular formula is C20H34N4OS. The third-order valence-electron chi connectivity index (χ3n) is 4.66. The van der Waals surface area contributed by atoms with Gasteiger partial charge in [-0.25, -0.2) is 0 Å². The van der Waals surface area contributed by atoms with Crippen molar-refractivity contribution in [1.29, 1.82) is 0 Å². The third-order valence-corrected chi connectivity index (χ3v) is 5.97. The van der Waals surface area contributed by atoms with Crippen LogP contribution in [0.2, 0.25) is 0 Å². The Balaban J connectivity index is 1.55. The Hall–Kier alpha value is -1.40. The zero-order valence-corrected chi connectivity index (χ0v) is 16.9. The van der Waals surface area contributed by atoms with Gasteiger partial charge in [0.1, 0.15) is 0 Å². The fourth-order valence-corrected chi connectivity index (χ4v) is 4.24. The van der Waals surface area contributed by atoms with Crippen molar-refractivity contribution >= 4 is 16.8 Å². The standard InChI is InChI=1S/C20H34N4OS/c1-21-20(22-12-9-16-24-14-7-2-3-8-15-24)23-13-17-26(25)18-19-10-5-4-6-11-19/h4-6,10-11H,2-3,7-9,12-18H2,1H3,(H2,21,22,23). The number of nitrogens with one attached hydrogen (secondary N) is 2. The van der Waals surface area contributed by atoms with E-state index in [0.29, 0.717) is 18.1 Å². The second-order valence-electron chi connectivity index (χ2n) is 6.81. The average Bonchev–Trinajstić information content (AvgIpc) is 2.93. The van der Waals surface area contributed by atoms with Crippen molar-refractivity contribution in [3.05, 3.63) is 35.9 Å². The number of guanidine groups is 1. The van der Waals surface area contributed by atoms with Gasteiger partial charge >= 0.3 is 0 Å². The molecule has 0 saturated carbocycles. The molecule has 0 bridgehead atoms. The number of hydrogen-bond donors (Lipinski definition) is 2. The molecule has 1 aliphatic heterocycles. The topological polar surface area (TPSA) is 56.7 Å². The zero-order valence-electron chi connectivity index (χ0n) is 16.1. The highest BCUT2D eigenvalue weighted by atomic mass is 32.2. The summed E-state index contributed by atoms with van der Waals surface area (Å²) in [5.74, 6) is 2.05. The Bertz CT molecular complexity index is 542. The zero-order chi connectivity index (χ0) is 18.5. The highest BCUT2D eigenvalue weighted by Gasteiger charge is 2.08. The predicted octanol–water partition coefficient (Wildman–Crippen LogP) is 2.37. The van der Waals surface area contributed by atoms with Crippen LogP contribution in [0.5, 0.6) is 0 Å². The third kappa shape index (κ3) is 8.81. The van der Waals surface area contributed by atoms with Crippen LogP contribution in [0, 0.1) is 0 Å². The van der Waals surface area contributed by atoms with Crippen molar-refractivity contribution in [3.8, 4) is 0 Å². The minimum atomic E-state index is -0.854. The lowest BCUT2D eigenvalue weighted by atomic mass is 10.2. The van der Waals surface area contributed by atoms with Crippen molar-refractivity contribution in [2.45, 2.75) is 37.9 Å². The number of rotatable bonds is 9. The van der Waals surface area contributed by atoms with Gasteiger partial charge in [-0.2, -0.15) is 0 Å². The van der Waals surface area contributed by atoms with Crippen LogP contribution < -0.4 is 10.6 Å².